The summed E-state index contributed by atoms with van der Waals surface area (Å²) >= 11 is 0. The lowest BCUT2D eigenvalue weighted by Crippen LogP contribution is -2.56. The van der Waals surface area contributed by atoms with Gasteiger partial charge in [-0.2, -0.15) is 0 Å². The van der Waals surface area contributed by atoms with Crippen LogP contribution in [0.3, 0.4) is 0 Å². The van der Waals surface area contributed by atoms with Crippen LogP contribution in [0.4, 0.5) is 0 Å². The van der Waals surface area contributed by atoms with Gasteiger partial charge in [0.15, 0.2) is 0 Å². The maximum atomic E-state index is 12.5. The standard InChI is InChI=1S/C15H28N2O/c1-4-15(8-5-11-16-15)13(18)17-12-6-9-14(2,3)10-7-12/h12,16H,4-11H2,1-3H3,(H,17,18). The van der Waals surface area contributed by atoms with Crippen molar-refractivity contribution in [2.24, 2.45) is 5.41 Å². The topological polar surface area (TPSA) is 41.1 Å². The molecule has 0 spiro atoms. The monoisotopic (exact) mass is 252 g/mol. The molecule has 1 aliphatic heterocycles. The van der Waals surface area contributed by atoms with Crippen molar-refractivity contribution in [3.63, 3.8) is 0 Å². The Bertz CT molecular complexity index is 296. The summed E-state index contributed by atoms with van der Waals surface area (Å²) in [5, 5.41) is 6.70. The molecule has 1 saturated heterocycles. The largest absolute Gasteiger partial charge is 0.352 e. The normalized spacial score (nSPS) is 32.4. The van der Waals surface area contributed by atoms with Crippen LogP contribution in [0.15, 0.2) is 0 Å². The zero-order valence-corrected chi connectivity index (χ0v) is 12.1. The molecular weight excluding hydrogens is 224 g/mol. The Labute approximate surface area is 111 Å². The Morgan fingerprint density at radius 2 is 1.94 bits per heavy atom. The number of amides is 1. The average Bonchev–Trinajstić information content (AvgIpc) is 2.82. The van der Waals surface area contributed by atoms with Crippen molar-refractivity contribution in [1.82, 2.24) is 10.6 Å². The minimum absolute atomic E-state index is 0.243. The van der Waals surface area contributed by atoms with E-state index in [9.17, 15) is 4.79 Å². The van der Waals surface area contributed by atoms with Gasteiger partial charge in [0, 0.05) is 6.04 Å². The van der Waals surface area contributed by atoms with Crippen LogP contribution in [0.5, 0.6) is 0 Å². The van der Waals surface area contributed by atoms with E-state index in [4.69, 9.17) is 0 Å². The molecule has 3 nitrogen and oxygen atoms in total. The maximum Gasteiger partial charge on any atom is 0.240 e. The van der Waals surface area contributed by atoms with Crippen molar-refractivity contribution in [2.45, 2.75) is 77.3 Å². The molecule has 2 fully saturated rings. The molecule has 0 aromatic heterocycles. The zero-order valence-electron chi connectivity index (χ0n) is 12.1. The predicted octanol–water partition coefficient (Wildman–Crippen LogP) is 2.60. The predicted molar refractivity (Wildman–Crippen MR) is 74.4 cm³/mol. The van der Waals surface area contributed by atoms with E-state index in [2.05, 4.69) is 31.4 Å². The van der Waals surface area contributed by atoms with E-state index in [1.807, 2.05) is 0 Å². The summed E-state index contributed by atoms with van der Waals surface area (Å²) in [6.45, 7) is 7.76. The number of rotatable bonds is 3. The maximum absolute atomic E-state index is 12.5. The molecule has 1 amide bonds. The second-order valence-electron chi connectivity index (χ2n) is 6.88. The number of carbonyl (C=O) groups excluding carboxylic acids is 1. The number of nitrogens with one attached hydrogen (secondary N) is 2. The molecular formula is C15H28N2O. The molecule has 2 rings (SSSR count). The Morgan fingerprint density at radius 1 is 1.28 bits per heavy atom. The van der Waals surface area contributed by atoms with E-state index >= 15 is 0 Å². The minimum atomic E-state index is -0.271. The van der Waals surface area contributed by atoms with E-state index in [0.29, 0.717) is 11.5 Å². The second kappa shape index (κ2) is 5.20. The van der Waals surface area contributed by atoms with E-state index in [1.165, 1.54) is 12.8 Å². The van der Waals surface area contributed by atoms with Gasteiger partial charge in [0.2, 0.25) is 5.91 Å². The number of hydrogen-bond donors (Lipinski definition) is 2. The molecule has 1 heterocycles. The Morgan fingerprint density at radius 3 is 2.44 bits per heavy atom. The summed E-state index contributed by atoms with van der Waals surface area (Å²) in [7, 11) is 0. The highest BCUT2D eigenvalue weighted by Gasteiger charge is 2.40. The number of carbonyl (C=O) groups is 1. The van der Waals surface area contributed by atoms with Gasteiger partial charge in [0.05, 0.1) is 5.54 Å². The Kier molecular flexibility index (Phi) is 4.00. The van der Waals surface area contributed by atoms with Crippen LogP contribution in [-0.4, -0.2) is 24.0 Å². The summed E-state index contributed by atoms with van der Waals surface area (Å²) < 4.78 is 0. The second-order valence-corrected chi connectivity index (χ2v) is 6.88. The van der Waals surface area contributed by atoms with Crippen LogP contribution in [0.1, 0.15) is 65.7 Å². The lowest BCUT2D eigenvalue weighted by atomic mass is 9.75. The van der Waals surface area contributed by atoms with Gasteiger partial charge >= 0.3 is 0 Å². The highest BCUT2D eigenvalue weighted by molar-refractivity contribution is 5.86. The first-order valence-electron chi connectivity index (χ1n) is 7.53. The lowest BCUT2D eigenvalue weighted by molar-refractivity contribution is -0.128. The molecule has 1 aliphatic carbocycles. The van der Waals surface area contributed by atoms with Crippen molar-refractivity contribution in [3.8, 4) is 0 Å². The molecule has 0 aromatic rings. The quantitative estimate of drug-likeness (QED) is 0.810. The van der Waals surface area contributed by atoms with Gasteiger partial charge in [-0.15, -0.1) is 0 Å². The van der Waals surface area contributed by atoms with Crippen LogP contribution >= 0.6 is 0 Å². The van der Waals surface area contributed by atoms with E-state index in [1.54, 1.807) is 0 Å². The van der Waals surface area contributed by atoms with Crippen molar-refractivity contribution in [1.29, 1.82) is 0 Å². The average molecular weight is 252 g/mol. The summed E-state index contributed by atoms with van der Waals surface area (Å²) in [5.41, 5.74) is 0.197. The van der Waals surface area contributed by atoms with Crippen LogP contribution in [0.2, 0.25) is 0 Å². The Hall–Kier alpha value is -0.570. The summed E-state index contributed by atoms with van der Waals surface area (Å²) in [5.74, 6) is 0.243. The first-order chi connectivity index (χ1) is 8.47. The summed E-state index contributed by atoms with van der Waals surface area (Å²) in [4.78, 5) is 12.5. The van der Waals surface area contributed by atoms with Gasteiger partial charge < -0.3 is 10.6 Å². The molecule has 104 valence electrons. The molecule has 0 radical (unpaired) electrons. The van der Waals surface area contributed by atoms with Crippen LogP contribution in [-0.2, 0) is 4.79 Å². The highest BCUT2D eigenvalue weighted by Crippen LogP contribution is 2.35. The molecule has 18 heavy (non-hydrogen) atoms. The van der Waals surface area contributed by atoms with Gasteiger partial charge in [-0.3, -0.25) is 4.79 Å². The summed E-state index contributed by atoms with van der Waals surface area (Å²) in [6, 6.07) is 0.399. The third-order valence-electron chi connectivity index (χ3n) is 4.96. The van der Waals surface area contributed by atoms with Crippen molar-refractivity contribution in [2.75, 3.05) is 6.54 Å². The molecule has 1 saturated carbocycles. The van der Waals surface area contributed by atoms with Gasteiger partial charge in [-0.25, -0.2) is 0 Å². The van der Waals surface area contributed by atoms with Crippen molar-refractivity contribution < 1.29 is 4.79 Å². The van der Waals surface area contributed by atoms with Gasteiger partial charge in [-0.05, 0) is 56.9 Å². The fraction of sp³-hybridized carbons (Fsp3) is 0.933. The van der Waals surface area contributed by atoms with Crippen molar-refractivity contribution in [3.05, 3.63) is 0 Å². The first kappa shape index (κ1) is 13.9. The first-order valence-corrected chi connectivity index (χ1v) is 7.53. The van der Waals surface area contributed by atoms with Crippen molar-refractivity contribution >= 4 is 5.91 Å². The van der Waals surface area contributed by atoms with E-state index < -0.39 is 0 Å². The fourth-order valence-electron chi connectivity index (χ4n) is 3.33. The third kappa shape index (κ3) is 2.87. The molecule has 2 aliphatic rings. The molecule has 0 aromatic carbocycles. The van der Waals surface area contributed by atoms with E-state index in [-0.39, 0.29) is 11.4 Å². The van der Waals surface area contributed by atoms with Crippen LogP contribution in [0, 0.1) is 5.41 Å². The lowest BCUT2D eigenvalue weighted by Gasteiger charge is -2.36. The van der Waals surface area contributed by atoms with Gasteiger partial charge in [-0.1, -0.05) is 20.8 Å². The fourth-order valence-corrected chi connectivity index (χ4v) is 3.33. The van der Waals surface area contributed by atoms with Crippen LogP contribution < -0.4 is 10.6 Å². The minimum Gasteiger partial charge on any atom is -0.352 e. The zero-order chi connectivity index (χ0) is 13.2. The molecule has 2 N–H and O–H groups in total. The molecule has 1 unspecified atom stereocenters. The summed E-state index contributed by atoms with van der Waals surface area (Å²) in [6.07, 6.45) is 7.75. The SMILES string of the molecule is CCC1(C(=O)NC2CCC(C)(C)CC2)CCCN1. The molecule has 3 heteroatoms. The van der Waals surface area contributed by atoms with Gasteiger partial charge in [0.25, 0.3) is 0 Å². The third-order valence-corrected chi connectivity index (χ3v) is 4.96. The smallest absolute Gasteiger partial charge is 0.240 e. The van der Waals surface area contributed by atoms with Crippen LogP contribution in [0.25, 0.3) is 0 Å². The number of hydrogen-bond acceptors (Lipinski definition) is 2. The van der Waals surface area contributed by atoms with Gasteiger partial charge in [0.1, 0.15) is 0 Å². The highest BCUT2D eigenvalue weighted by atomic mass is 16.2. The van der Waals surface area contributed by atoms with E-state index in [0.717, 1.165) is 38.6 Å². The molecule has 0 bridgehead atoms. The Balaban J connectivity index is 1.88. The molecule has 1 atom stereocenters.